The van der Waals surface area contributed by atoms with Gasteiger partial charge in [-0.2, -0.15) is 0 Å². The Labute approximate surface area is 117 Å². The Kier molecular flexibility index (Phi) is 5.77. The molecule has 0 aromatic carbocycles. The van der Waals surface area contributed by atoms with E-state index < -0.39 is 0 Å². The summed E-state index contributed by atoms with van der Waals surface area (Å²) in [7, 11) is 4.03. The van der Waals surface area contributed by atoms with Gasteiger partial charge in [0, 0.05) is 24.7 Å². The van der Waals surface area contributed by atoms with Crippen molar-refractivity contribution >= 4 is 5.91 Å². The van der Waals surface area contributed by atoms with Gasteiger partial charge >= 0.3 is 0 Å². The van der Waals surface area contributed by atoms with Gasteiger partial charge in [-0.3, -0.25) is 9.69 Å². The van der Waals surface area contributed by atoms with Crippen LogP contribution in [0.2, 0.25) is 0 Å². The first-order valence-electron chi connectivity index (χ1n) is 7.11. The molecule has 1 amide bonds. The highest BCUT2D eigenvalue weighted by atomic mass is 16.3. The normalized spacial score (nSPS) is 25.0. The summed E-state index contributed by atoms with van der Waals surface area (Å²) in [5, 5.41) is 12.8. The van der Waals surface area contributed by atoms with Gasteiger partial charge in [-0.05, 0) is 40.8 Å². The van der Waals surface area contributed by atoms with Gasteiger partial charge in [-0.1, -0.05) is 6.92 Å². The lowest BCUT2D eigenvalue weighted by Crippen LogP contribution is -2.49. The first kappa shape index (κ1) is 16.4. The number of carbonyl (C=O) groups is 1. The van der Waals surface area contributed by atoms with Crippen LogP contribution in [0.25, 0.3) is 0 Å². The molecular formula is C14H29N3O2. The molecular weight excluding hydrogens is 242 g/mol. The van der Waals surface area contributed by atoms with Crippen molar-refractivity contribution in [2.24, 2.45) is 0 Å². The average molecular weight is 271 g/mol. The summed E-state index contributed by atoms with van der Waals surface area (Å²) in [6, 6.07) is 0.264. The maximum absolute atomic E-state index is 12.1. The third kappa shape index (κ3) is 5.47. The SMILES string of the molecule is CCC(C)(C)NC(=O)CN1CC(O)CC1CN(C)C. The number of aliphatic hydroxyl groups is 1. The van der Waals surface area contributed by atoms with E-state index in [1.165, 1.54) is 0 Å². The molecule has 0 radical (unpaired) electrons. The highest BCUT2D eigenvalue weighted by molar-refractivity contribution is 5.78. The van der Waals surface area contributed by atoms with Crippen molar-refractivity contribution < 1.29 is 9.90 Å². The van der Waals surface area contributed by atoms with Crippen LogP contribution in [-0.4, -0.2) is 72.2 Å². The summed E-state index contributed by atoms with van der Waals surface area (Å²) >= 11 is 0. The van der Waals surface area contributed by atoms with Crippen molar-refractivity contribution in [3.8, 4) is 0 Å². The number of nitrogens with one attached hydrogen (secondary N) is 1. The van der Waals surface area contributed by atoms with E-state index in [4.69, 9.17) is 0 Å². The fourth-order valence-corrected chi connectivity index (χ4v) is 2.45. The summed E-state index contributed by atoms with van der Waals surface area (Å²) in [6.07, 6.45) is 1.35. The lowest BCUT2D eigenvalue weighted by Gasteiger charge is -2.29. The van der Waals surface area contributed by atoms with Crippen LogP contribution in [0.4, 0.5) is 0 Å². The number of amides is 1. The number of likely N-dealkylation sites (N-methyl/N-ethyl adjacent to an activating group) is 1. The number of hydrogen-bond donors (Lipinski definition) is 2. The quantitative estimate of drug-likeness (QED) is 0.729. The van der Waals surface area contributed by atoms with Gasteiger partial charge in [0.1, 0.15) is 0 Å². The van der Waals surface area contributed by atoms with Gasteiger partial charge in [0.25, 0.3) is 0 Å². The lowest BCUT2D eigenvalue weighted by atomic mass is 10.0. The van der Waals surface area contributed by atoms with Crippen molar-refractivity contribution in [2.75, 3.05) is 33.7 Å². The number of rotatable bonds is 6. The van der Waals surface area contributed by atoms with Gasteiger partial charge in [0.15, 0.2) is 0 Å². The summed E-state index contributed by atoms with van der Waals surface area (Å²) in [4.78, 5) is 16.3. The Morgan fingerprint density at radius 2 is 2.11 bits per heavy atom. The van der Waals surface area contributed by atoms with Crippen LogP contribution >= 0.6 is 0 Å². The molecule has 1 fully saturated rings. The first-order valence-corrected chi connectivity index (χ1v) is 7.11. The van der Waals surface area contributed by atoms with Gasteiger partial charge in [-0.15, -0.1) is 0 Å². The van der Waals surface area contributed by atoms with E-state index in [2.05, 4.69) is 22.0 Å². The van der Waals surface area contributed by atoms with E-state index in [1.807, 2.05) is 27.9 Å². The molecule has 19 heavy (non-hydrogen) atoms. The van der Waals surface area contributed by atoms with E-state index in [0.717, 1.165) is 19.4 Å². The maximum Gasteiger partial charge on any atom is 0.234 e. The van der Waals surface area contributed by atoms with E-state index in [0.29, 0.717) is 13.1 Å². The zero-order valence-corrected chi connectivity index (χ0v) is 12.9. The second kappa shape index (κ2) is 6.68. The zero-order valence-electron chi connectivity index (χ0n) is 12.9. The second-order valence-corrected chi connectivity index (χ2v) is 6.52. The van der Waals surface area contributed by atoms with E-state index in [1.54, 1.807) is 0 Å². The van der Waals surface area contributed by atoms with E-state index >= 15 is 0 Å². The maximum atomic E-state index is 12.1. The molecule has 2 unspecified atom stereocenters. The molecule has 0 aromatic heterocycles. The van der Waals surface area contributed by atoms with E-state index in [9.17, 15) is 9.90 Å². The van der Waals surface area contributed by atoms with Crippen molar-refractivity contribution in [1.82, 2.24) is 15.1 Å². The minimum atomic E-state index is -0.308. The average Bonchev–Trinajstić information content (AvgIpc) is 2.57. The number of aliphatic hydroxyl groups excluding tert-OH is 1. The van der Waals surface area contributed by atoms with Crippen LogP contribution in [0, 0.1) is 0 Å². The third-order valence-electron chi connectivity index (χ3n) is 3.79. The molecule has 1 saturated heterocycles. The largest absolute Gasteiger partial charge is 0.392 e. The standard InChI is InChI=1S/C14H29N3O2/c1-6-14(2,3)15-13(19)10-17-9-12(18)7-11(17)8-16(4)5/h11-12,18H,6-10H2,1-5H3,(H,15,19). The highest BCUT2D eigenvalue weighted by Gasteiger charge is 2.32. The number of β-amino-alcohol motifs (C(OH)–C–C–N with tert-alkyl or cyclic N) is 1. The topological polar surface area (TPSA) is 55.8 Å². The minimum Gasteiger partial charge on any atom is -0.392 e. The van der Waals surface area contributed by atoms with Crippen LogP contribution < -0.4 is 5.32 Å². The number of hydrogen-bond acceptors (Lipinski definition) is 4. The predicted octanol–water partition coefficient (Wildman–Crippen LogP) is 0.288. The molecule has 1 heterocycles. The smallest absolute Gasteiger partial charge is 0.234 e. The van der Waals surface area contributed by atoms with Gasteiger partial charge in [0.05, 0.1) is 12.6 Å². The van der Waals surface area contributed by atoms with Crippen LogP contribution in [0.1, 0.15) is 33.6 Å². The molecule has 0 spiro atoms. The van der Waals surface area contributed by atoms with Crippen molar-refractivity contribution in [1.29, 1.82) is 0 Å². The van der Waals surface area contributed by atoms with Gasteiger partial charge in [0.2, 0.25) is 5.91 Å². The summed E-state index contributed by atoms with van der Waals surface area (Å²) < 4.78 is 0. The number of likely N-dealkylation sites (tertiary alicyclic amines) is 1. The molecule has 1 aliphatic heterocycles. The van der Waals surface area contributed by atoms with Crippen LogP contribution in [0.15, 0.2) is 0 Å². The molecule has 0 saturated carbocycles. The van der Waals surface area contributed by atoms with Crippen LogP contribution in [0.3, 0.4) is 0 Å². The molecule has 5 heteroatoms. The highest BCUT2D eigenvalue weighted by Crippen LogP contribution is 2.18. The minimum absolute atomic E-state index is 0.0460. The Morgan fingerprint density at radius 3 is 2.63 bits per heavy atom. The summed E-state index contributed by atoms with van der Waals surface area (Å²) in [6.45, 7) is 7.97. The predicted molar refractivity (Wildman–Crippen MR) is 77.1 cm³/mol. The Balaban J connectivity index is 2.52. The molecule has 1 rings (SSSR count). The lowest BCUT2D eigenvalue weighted by molar-refractivity contribution is -0.124. The molecule has 0 aliphatic carbocycles. The number of carbonyl (C=O) groups excluding carboxylic acids is 1. The van der Waals surface area contributed by atoms with Crippen LogP contribution in [-0.2, 0) is 4.79 Å². The van der Waals surface area contributed by atoms with E-state index in [-0.39, 0.29) is 23.6 Å². The van der Waals surface area contributed by atoms with Crippen LogP contribution in [0.5, 0.6) is 0 Å². The summed E-state index contributed by atoms with van der Waals surface area (Å²) in [5.74, 6) is 0.0460. The third-order valence-corrected chi connectivity index (χ3v) is 3.79. The fraction of sp³-hybridized carbons (Fsp3) is 0.929. The van der Waals surface area contributed by atoms with Gasteiger partial charge < -0.3 is 15.3 Å². The molecule has 0 aromatic rings. The fourth-order valence-electron chi connectivity index (χ4n) is 2.45. The van der Waals surface area contributed by atoms with Crippen molar-refractivity contribution in [2.45, 2.75) is 51.3 Å². The Bertz CT molecular complexity index is 305. The Hall–Kier alpha value is -0.650. The Morgan fingerprint density at radius 1 is 1.47 bits per heavy atom. The monoisotopic (exact) mass is 271 g/mol. The van der Waals surface area contributed by atoms with Crippen molar-refractivity contribution in [3.05, 3.63) is 0 Å². The van der Waals surface area contributed by atoms with Crippen molar-refractivity contribution in [3.63, 3.8) is 0 Å². The first-order chi connectivity index (χ1) is 8.73. The molecule has 2 atom stereocenters. The molecule has 2 N–H and O–H groups in total. The van der Waals surface area contributed by atoms with Gasteiger partial charge in [-0.25, -0.2) is 0 Å². The zero-order chi connectivity index (χ0) is 14.6. The molecule has 5 nitrogen and oxygen atoms in total. The molecule has 1 aliphatic rings. The molecule has 112 valence electrons. The number of nitrogens with zero attached hydrogens (tertiary/aromatic N) is 2. The summed E-state index contributed by atoms with van der Waals surface area (Å²) in [5.41, 5.74) is -0.160. The second-order valence-electron chi connectivity index (χ2n) is 6.52. The molecule has 0 bridgehead atoms.